The van der Waals surface area contributed by atoms with Gasteiger partial charge in [0, 0.05) is 20.8 Å². The highest BCUT2D eigenvalue weighted by molar-refractivity contribution is 7.91. The second-order valence-electron chi connectivity index (χ2n) is 3.45. The second-order valence-corrected chi connectivity index (χ2v) is 5.07. The minimum atomic E-state index is -1.79. The van der Waals surface area contributed by atoms with Crippen LogP contribution in [0.25, 0.3) is 0 Å². The first-order chi connectivity index (χ1) is 9.28. The molecular formula is C10H21NO8S. The van der Waals surface area contributed by atoms with Gasteiger partial charge >= 0.3 is 11.9 Å². The van der Waals surface area contributed by atoms with Gasteiger partial charge in [0.2, 0.25) is 6.29 Å². The van der Waals surface area contributed by atoms with Gasteiger partial charge in [-0.1, -0.05) is 0 Å². The molecule has 0 spiro atoms. The number of nitrogens with two attached hydrogens (primary N) is 1. The van der Waals surface area contributed by atoms with Crippen LogP contribution in [0.2, 0.25) is 0 Å². The zero-order chi connectivity index (χ0) is 16.1. The number of ether oxygens (including phenoxy) is 2. The molecule has 20 heavy (non-hydrogen) atoms. The van der Waals surface area contributed by atoms with Crippen LogP contribution in [0.15, 0.2) is 0 Å². The van der Waals surface area contributed by atoms with Gasteiger partial charge in [0.15, 0.2) is 11.9 Å². The second kappa shape index (κ2) is 13.1. The maximum absolute atomic E-state index is 11.0. The molecule has 5 N–H and O–H groups in total. The van der Waals surface area contributed by atoms with Crippen LogP contribution < -0.4 is 5.73 Å². The van der Waals surface area contributed by atoms with E-state index in [9.17, 15) is 14.1 Å². The number of aliphatic hydroxyl groups excluding tert-OH is 1. The minimum Gasteiger partial charge on any atom is -0.616 e. The van der Waals surface area contributed by atoms with E-state index in [1.54, 1.807) is 0 Å². The lowest BCUT2D eigenvalue weighted by atomic mass is 10.3. The molecule has 120 valence electrons. The predicted octanol–water partition coefficient (Wildman–Crippen LogP) is -1.78. The lowest BCUT2D eigenvalue weighted by Crippen LogP contribution is -2.28. The van der Waals surface area contributed by atoms with Crippen LogP contribution in [-0.4, -0.2) is 76.5 Å². The fourth-order valence-electron chi connectivity index (χ4n) is 0.852. The molecule has 0 aliphatic rings. The Morgan fingerprint density at radius 1 is 1.30 bits per heavy atom. The average molecular weight is 315 g/mol. The van der Waals surface area contributed by atoms with E-state index in [0.717, 1.165) is 0 Å². The molecule has 9 nitrogen and oxygen atoms in total. The maximum Gasteiger partial charge on any atom is 0.333 e. The van der Waals surface area contributed by atoms with Crippen molar-refractivity contribution in [2.75, 3.05) is 32.3 Å². The van der Waals surface area contributed by atoms with Crippen LogP contribution in [0.5, 0.6) is 0 Å². The molecule has 0 amide bonds. The van der Waals surface area contributed by atoms with Gasteiger partial charge in [0.25, 0.3) is 0 Å². The van der Waals surface area contributed by atoms with Crippen LogP contribution in [0, 0.1) is 0 Å². The van der Waals surface area contributed by atoms with Crippen LogP contribution in [0.4, 0.5) is 0 Å². The van der Waals surface area contributed by atoms with Crippen molar-refractivity contribution in [3.63, 3.8) is 0 Å². The molecule has 2 atom stereocenters. The van der Waals surface area contributed by atoms with Crippen molar-refractivity contribution in [3.05, 3.63) is 0 Å². The molecule has 0 radical (unpaired) electrons. The van der Waals surface area contributed by atoms with Crippen LogP contribution >= 0.6 is 0 Å². The fraction of sp³-hybridized carbons (Fsp3) is 0.800. The molecule has 0 saturated heterocycles. The maximum atomic E-state index is 11.0. The first kappa shape index (κ1) is 21.4. The van der Waals surface area contributed by atoms with Crippen LogP contribution in [-0.2, 0) is 30.2 Å². The Morgan fingerprint density at radius 3 is 2.05 bits per heavy atom. The zero-order valence-corrected chi connectivity index (χ0v) is 12.2. The van der Waals surface area contributed by atoms with Gasteiger partial charge in [0.05, 0.1) is 6.42 Å². The molecule has 0 saturated carbocycles. The smallest absolute Gasteiger partial charge is 0.333 e. The van der Waals surface area contributed by atoms with Gasteiger partial charge in [-0.3, -0.25) is 4.79 Å². The summed E-state index contributed by atoms with van der Waals surface area (Å²) < 4.78 is 20.8. The summed E-state index contributed by atoms with van der Waals surface area (Å²) in [6.07, 6.45) is -2.92. The van der Waals surface area contributed by atoms with Crippen LogP contribution in [0.1, 0.15) is 6.42 Å². The highest BCUT2D eigenvalue weighted by Gasteiger charge is 2.16. The normalized spacial score (nSPS) is 13.3. The number of carboxylic acid groups (broad SMARTS) is 2. The van der Waals surface area contributed by atoms with Gasteiger partial charge in [-0.15, -0.1) is 0 Å². The molecule has 0 bridgehead atoms. The molecule has 0 aromatic rings. The van der Waals surface area contributed by atoms with Crippen molar-refractivity contribution in [2.24, 2.45) is 5.73 Å². The Kier molecular flexibility index (Phi) is 14.0. The summed E-state index contributed by atoms with van der Waals surface area (Å²) in [7, 11) is 3.04. The lowest BCUT2D eigenvalue weighted by Gasteiger charge is -2.15. The summed E-state index contributed by atoms with van der Waals surface area (Å²) >= 11 is -0.925. The van der Waals surface area contributed by atoms with E-state index in [0.29, 0.717) is 18.1 Å². The SMILES string of the molecule is COC(C[S+]([O-])CCN)OC.O=C(O)CC(O)C(=O)O. The van der Waals surface area contributed by atoms with Crippen molar-refractivity contribution in [1.82, 2.24) is 0 Å². The van der Waals surface area contributed by atoms with E-state index in [2.05, 4.69) is 0 Å². The van der Waals surface area contributed by atoms with Gasteiger partial charge in [-0.2, -0.15) is 0 Å². The number of carbonyl (C=O) groups is 2. The number of hydrogen-bond acceptors (Lipinski definition) is 7. The molecule has 0 aromatic heterocycles. The number of aliphatic hydroxyl groups is 1. The zero-order valence-electron chi connectivity index (χ0n) is 11.4. The molecule has 0 fully saturated rings. The molecule has 0 rings (SSSR count). The summed E-state index contributed by atoms with van der Waals surface area (Å²) in [5.41, 5.74) is 5.21. The highest BCUT2D eigenvalue weighted by atomic mass is 32.2. The Morgan fingerprint density at radius 2 is 1.80 bits per heavy atom. The van der Waals surface area contributed by atoms with E-state index >= 15 is 0 Å². The topological polar surface area (TPSA) is 162 Å². The van der Waals surface area contributed by atoms with Gasteiger partial charge in [-0.05, 0) is 11.2 Å². The summed E-state index contributed by atoms with van der Waals surface area (Å²) in [6, 6.07) is 0. The molecule has 0 aromatic carbocycles. The summed E-state index contributed by atoms with van der Waals surface area (Å²) in [5.74, 6) is -1.95. The third-order valence-electron chi connectivity index (χ3n) is 1.85. The fourth-order valence-corrected chi connectivity index (χ4v) is 1.86. The van der Waals surface area contributed by atoms with Gasteiger partial charge in [-0.25, -0.2) is 4.79 Å². The van der Waals surface area contributed by atoms with E-state index in [4.69, 9.17) is 30.5 Å². The Labute approximate surface area is 119 Å². The van der Waals surface area contributed by atoms with E-state index in [1.165, 1.54) is 14.2 Å². The standard InChI is InChI=1S/C6H15NO3S.C4H6O5/c1-9-6(10-2)5-11(8)4-3-7;5-2(4(8)9)1-3(6)7/h6H,3-5,7H2,1-2H3;2,5H,1H2,(H,6,7)(H,8,9). The lowest BCUT2D eigenvalue weighted by molar-refractivity contribution is -0.152. The Bertz CT molecular complexity index is 274. The summed E-state index contributed by atoms with van der Waals surface area (Å²) in [5, 5.41) is 24.1. The third kappa shape index (κ3) is 13.5. The van der Waals surface area contributed by atoms with Crippen molar-refractivity contribution < 1.29 is 38.9 Å². The van der Waals surface area contributed by atoms with Gasteiger partial charge < -0.3 is 35.1 Å². The van der Waals surface area contributed by atoms with Crippen molar-refractivity contribution in [3.8, 4) is 0 Å². The average Bonchev–Trinajstić information content (AvgIpc) is 2.36. The number of carboxylic acids is 2. The molecule has 0 aliphatic heterocycles. The number of aliphatic carboxylic acids is 2. The quantitative estimate of drug-likeness (QED) is 0.284. The molecule has 0 aliphatic carbocycles. The first-order valence-electron chi connectivity index (χ1n) is 5.51. The molecule has 2 unspecified atom stereocenters. The third-order valence-corrected chi connectivity index (χ3v) is 3.18. The first-order valence-corrected chi connectivity index (χ1v) is 7.00. The number of hydrogen-bond donors (Lipinski definition) is 4. The predicted molar refractivity (Wildman–Crippen MR) is 70.6 cm³/mol. The van der Waals surface area contributed by atoms with Crippen LogP contribution in [0.3, 0.4) is 0 Å². The van der Waals surface area contributed by atoms with Crippen molar-refractivity contribution >= 4 is 23.1 Å². The van der Waals surface area contributed by atoms with Gasteiger partial charge in [0.1, 0.15) is 5.75 Å². The largest absolute Gasteiger partial charge is 0.616 e. The minimum absolute atomic E-state index is 0.373. The van der Waals surface area contributed by atoms with E-state index < -0.39 is 35.6 Å². The number of rotatable bonds is 9. The highest BCUT2D eigenvalue weighted by Crippen LogP contribution is 1.98. The summed E-state index contributed by atoms with van der Waals surface area (Å²) in [4.78, 5) is 19.4. The Hall–Kier alpha value is -0.910. The van der Waals surface area contributed by atoms with Crippen molar-refractivity contribution in [2.45, 2.75) is 18.8 Å². The molecular weight excluding hydrogens is 294 g/mol. The monoisotopic (exact) mass is 315 g/mol. The molecule has 10 heteroatoms. The Balaban J connectivity index is 0. The van der Waals surface area contributed by atoms with Crippen molar-refractivity contribution in [1.29, 1.82) is 0 Å². The van der Waals surface area contributed by atoms with E-state index in [1.807, 2.05) is 0 Å². The molecule has 0 heterocycles. The summed E-state index contributed by atoms with van der Waals surface area (Å²) in [6.45, 7) is 0.437. The number of methoxy groups -OCH3 is 2. The van der Waals surface area contributed by atoms with E-state index in [-0.39, 0.29) is 6.29 Å².